The first kappa shape index (κ1) is 25.4. The van der Waals surface area contributed by atoms with Crippen molar-refractivity contribution < 1.29 is 19.4 Å². The molecule has 0 saturated heterocycles. The Hall–Kier alpha value is -2.62. The van der Waals surface area contributed by atoms with Crippen LogP contribution in [0.25, 0.3) is 6.08 Å². The van der Waals surface area contributed by atoms with Crippen molar-refractivity contribution >= 4 is 18.0 Å². The number of allylic oxidation sites excluding steroid dienone is 1. The number of esters is 1. The van der Waals surface area contributed by atoms with Crippen molar-refractivity contribution in [2.75, 3.05) is 6.61 Å². The molecule has 0 fully saturated rings. The second kappa shape index (κ2) is 15.4. The summed E-state index contributed by atoms with van der Waals surface area (Å²) in [6.45, 7) is 13.5. The van der Waals surface area contributed by atoms with Crippen LogP contribution in [0.4, 0.5) is 0 Å². The average molecular weight is 387 g/mol. The zero-order valence-electron chi connectivity index (χ0n) is 17.4. The number of ether oxygens (including phenoxy) is 1. The molecule has 0 saturated carbocycles. The van der Waals surface area contributed by atoms with Crippen molar-refractivity contribution in [3.05, 3.63) is 66.3 Å². The summed E-state index contributed by atoms with van der Waals surface area (Å²) in [6, 6.07) is 9.73. The monoisotopic (exact) mass is 386 g/mol. The Kier molecular flexibility index (Phi) is 14.0. The molecule has 0 heterocycles. The Labute approximate surface area is 169 Å². The van der Waals surface area contributed by atoms with Gasteiger partial charge in [0.25, 0.3) is 0 Å². The first-order valence-electron chi connectivity index (χ1n) is 9.77. The third kappa shape index (κ3) is 12.7. The van der Waals surface area contributed by atoms with Gasteiger partial charge in [0.2, 0.25) is 0 Å². The van der Waals surface area contributed by atoms with Gasteiger partial charge in [0.05, 0.1) is 6.61 Å². The summed E-state index contributed by atoms with van der Waals surface area (Å²) in [5, 5.41) is 8.55. The summed E-state index contributed by atoms with van der Waals surface area (Å²) in [5.41, 5.74) is 1.75. The molecule has 0 radical (unpaired) electrons. The molecule has 0 aromatic heterocycles. The Morgan fingerprint density at radius 2 is 1.82 bits per heavy atom. The molecule has 4 nitrogen and oxygen atoms in total. The molecule has 0 amide bonds. The lowest BCUT2D eigenvalue weighted by Gasteiger charge is -2.14. The second-order valence-electron chi connectivity index (χ2n) is 6.72. The van der Waals surface area contributed by atoms with Crippen LogP contribution in [0, 0.1) is 5.92 Å². The van der Waals surface area contributed by atoms with Crippen LogP contribution in [-0.2, 0) is 14.3 Å². The third-order valence-corrected chi connectivity index (χ3v) is 4.12. The molecule has 28 heavy (non-hydrogen) atoms. The Morgan fingerprint density at radius 1 is 1.18 bits per heavy atom. The predicted octanol–water partition coefficient (Wildman–Crippen LogP) is 6.05. The summed E-state index contributed by atoms with van der Waals surface area (Å²) >= 11 is 0. The molecular formula is C24H34O4. The first-order valence-corrected chi connectivity index (χ1v) is 9.77. The van der Waals surface area contributed by atoms with Crippen molar-refractivity contribution in [1.82, 2.24) is 0 Å². The van der Waals surface area contributed by atoms with Gasteiger partial charge in [-0.2, -0.15) is 0 Å². The van der Waals surface area contributed by atoms with Gasteiger partial charge < -0.3 is 9.84 Å². The van der Waals surface area contributed by atoms with Gasteiger partial charge in [-0.15, -0.1) is 0 Å². The summed E-state index contributed by atoms with van der Waals surface area (Å²) < 4.78 is 5.12. The lowest BCUT2D eigenvalue weighted by atomic mass is 10.0. The van der Waals surface area contributed by atoms with Crippen LogP contribution < -0.4 is 0 Å². The maximum absolute atomic E-state index is 11.1. The van der Waals surface area contributed by atoms with E-state index in [-0.39, 0.29) is 11.5 Å². The highest BCUT2D eigenvalue weighted by Crippen LogP contribution is 2.13. The van der Waals surface area contributed by atoms with E-state index in [2.05, 4.69) is 27.0 Å². The summed E-state index contributed by atoms with van der Waals surface area (Å²) in [4.78, 5) is 21.5. The van der Waals surface area contributed by atoms with Gasteiger partial charge >= 0.3 is 11.9 Å². The average Bonchev–Trinajstić information content (AvgIpc) is 2.69. The number of carboxylic acids is 1. The predicted molar refractivity (Wildman–Crippen MR) is 116 cm³/mol. The maximum atomic E-state index is 11.1. The molecule has 1 N–H and O–H groups in total. The van der Waals surface area contributed by atoms with Gasteiger partial charge in [-0.05, 0) is 31.2 Å². The van der Waals surface area contributed by atoms with Crippen LogP contribution in [0.5, 0.6) is 0 Å². The summed E-state index contributed by atoms with van der Waals surface area (Å²) in [5.74, 6) is -0.694. The van der Waals surface area contributed by atoms with Crippen molar-refractivity contribution in [3.8, 4) is 0 Å². The fourth-order valence-corrected chi connectivity index (χ4v) is 2.20. The molecular weight excluding hydrogens is 352 g/mol. The van der Waals surface area contributed by atoms with Gasteiger partial charge in [-0.25, -0.2) is 9.59 Å². The normalized spacial score (nSPS) is 11.2. The molecule has 1 aromatic rings. The van der Waals surface area contributed by atoms with E-state index in [9.17, 15) is 9.59 Å². The lowest BCUT2D eigenvalue weighted by molar-refractivity contribution is -0.140. The quantitative estimate of drug-likeness (QED) is 0.371. The zero-order chi connectivity index (χ0) is 21.4. The number of unbranched alkanes of at least 4 members (excludes halogenated alkanes) is 1. The highest BCUT2D eigenvalue weighted by Gasteiger charge is 2.09. The number of aliphatic carboxylic acids is 1. The van der Waals surface area contributed by atoms with Gasteiger partial charge in [-0.1, -0.05) is 88.8 Å². The van der Waals surface area contributed by atoms with Crippen molar-refractivity contribution in [1.29, 1.82) is 0 Å². The molecule has 1 unspecified atom stereocenters. The highest BCUT2D eigenvalue weighted by atomic mass is 16.5. The minimum absolute atomic E-state index is 0.206. The summed E-state index contributed by atoms with van der Waals surface area (Å²) in [6.07, 6.45) is 8.69. The third-order valence-electron chi connectivity index (χ3n) is 4.12. The molecule has 0 aliphatic heterocycles. The molecule has 0 aliphatic carbocycles. The molecule has 4 heteroatoms. The molecule has 0 aliphatic rings. The van der Waals surface area contributed by atoms with E-state index in [1.807, 2.05) is 36.4 Å². The highest BCUT2D eigenvalue weighted by molar-refractivity contribution is 5.87. The molecule has 154 valence electrons. The topological polar surface area (TPSA) is 63.6 Å². The van der Waals surface area contributed by atoms with Crippen LogP contribution in [0.15, 0.2) is 60.7 Å². The van der Waals surface area contributed by atoms with Crippen molar-refractivity contribution in [2.45, 2.75) is 52.9 Å². The fraction of sp³-hybridized carbons (Fsp3) is 0.417. The molecule has 0 spiro atoms. The SMILES string of the molecule is C=C(C)C(=O)OCC(CC)CCCC.C=C(CC=Cc1ccccc1)C(=O)O. The zero-order valence-corrected chi connectivity index (χ0v) is 17.4. The van der Waals surface area contributed by atoms with Crippen LogP contribution in [-0.4, -0.2) is 23.7 Å². The Morgan fingerprint density at radius 3 is 2.32 bits per heavy atom. The maximum Gasteiger partial charge on any atom is 0.333 e. The lowest BCUT2D eigenvalue weighted by Crippen LogP contribution is -2.14. The van der Waals surface area contributed by atoms with E-state index >= 15 is 0 Å². The second-order valence-corrected chi connectivity index (χ2v) is 6.72. The Balaban J connectivity index is 0.000000521. The fourth-order valence-electron chi connectivity index (χ4n) is 2.20. The van der Waals surface area contributed by atoms with E-state index < -0.39 is 5.97 Å². The first-order chi connectivity index (χ1) is 13.3. The van der Waals surface area contributed by atoms with Crippen molar-refractivity contribution in [2.24, 2.45) is 5.92 Å². The van der Waals surface area contributed by atoms with E-state index in [0.717, 1.165) is 18.4 Å². The van der Waals surface area contributed by atoms with Gasteiger partial charge in [0.15, 0.2) is 0 Å². The number of carbonyl (C=O) groups excluding carboxylic acids is 1. The standard InChI is InChI=1S/C12H12O2.C12H22O2/c1-10(12(13)14)6-5-9-11-7-3-2-4-8-11;1-5-7-8-11(6-2)9-14-12(13)10(3)4/h2-5,7-9H,1,6H2,(H,13,14);11H,3,5-9H2,1-2,4H3. The number of hydrogen-bond acceptors (Lipinski definition) is 3. The number of carboxylic acid groups (broad SMARTS) is 1. The number of hydrogen-bond donors (Lipinski definition) is 1. The van der Waals surface area contributed by atoms with Crippen LogP contribution >= 0.6 is 0 Å². The molecule has 1 rings (SSSR count). The van der Waals surface area contributed by atoms with Crippen molar-refractivity contribution in [3.63, 3.8) is 0 Å². The van der Waals surface area contributed by atoms with E-state index in [0.29, 0.717) is 24.5 Å². The molecule has 1 atom stereocenters. The number of benzene rings is 1. The number of carbonyl (C=O) groups is 2. The smallest absolute Gasteiger partial charge is 0.333 e. The van der Waals surface area contributed by atoms with Gasteiger partial charge in [0, 0.05) is 11.1 Å². The largest absolute Gasteiger partial charge is 0.478 e. The van der Waals surface area contributed by atoms with E-state index in [1.165, 1.54) is 12.8 Å². The van der Waals surface area contributed by atoms with Gasteiger partial charge in [0.1, 0.15) is 0 Å². The number of rotatable bonds is 11. The van der Waals surface area contributed by atoms with Crippen LogP contribution in [0.2, 0.25) is 0 Å². The van der Waals surface area contributed by atoms with Gasteiger partial charge in [-0.3, -0.25) is 0 Å². The Bertz CT molecular complexity index is 644. The molecule has 0 bridgehead atoms. The summed E-state index contributed by atoms with van der Waals surface area (Å²) in [7, 11) is 0. The minimum atomic E-state index is -0.942. The minimum Gasteiger partial charge on any atom is -0.478 e. The van der Waals surface area contributed by atoms with E-state index in [1.54, 1.807) is 13.0 Å². The van der Waals surface area contributed by atoms with E-state index in [4.69, 9.17) is 9.84 Å². The van der Waals surface area contributed by atoms with Crippen LogP contribution in [0.1, 0.15) is 58.4 Å². The van der Waals surface area contributed by atoms with Crippen LogP contribution in [0.3, 0.4) is 0 Å². The molecule has 1 aromatic carbocycles.